The molecule has 0 spiro atoms. The molecular formula is C30H38O6. The molecule has 0 amide bonds. The van der Waals surface area contributed by atoms with Gasteiger partial charge in [0, 0.05) is 21.5 Å². The van der Waals surface area contributed by atoms with Gasteiger partial charge in [0.25, 0.3) is 0 Å². The van der Waals surface area contributed by atoms with E-state index >= 15 is 0 Å². The van der Waals surface area contributed by atoms with Crippen LogP contribution in [0.5, 0.6) is 11.5 Å². The van der Waals surface area contributed by atoms with Crippen molar-refractivity contribution < 1.29 is 28.5 Å². The van der Waals surface area contributed by atoms with Crippen LogP contribution < -0.4 is 9.47 Å². The van der Waals surface area contributed by atoms with Gasteiger partial charge in [-0.1, -0.05) is 75.2 Å². The Bertz CT molecular complexity index is 1010. The van der Waals surface area contributed by atoms with Crippen LogP contribution in [0.4, 0.5) is 0 Å². The van der Waals surface area contributed by atoms with E-state index in [1.807, 2.05) is 62.4 Å². The van der Waals surface area contributed by atoms with Crippen LogP contribution in [0.3, 0.4) is 0 Å². The molecule has 3 aromatic carbocycles. The summed E-state index contributed by atoms with van der Waals surface area (Å²) in [4.78, 5) is 24.5. The molecule has 0 saturated heterocycles. The summed E-state index contributed by atoms with van der Waals surface area (Å²) < 4.78 is 23.4. The van der Waals surface area contributed by atoms with Gasteiger partial charge in [-0.15, -0.1) is 0 Å². The van der Waals surface area contributed by atoms with E-state index in [0.29, 0.717) is 24.7 Å². The third-order valence-electron chi connectivity index (χ3n) is 5.90. The predicted octanol–water partition coefficient (Wildman–Crippen LogP) is 6.99. The van der Waals surface area contributed by atoms with Gasteiger partial charge in [-0.2, -0.15) is 0 Å². The van der Waals surface area contributed by atoms with Gasteiger partial charge in [-0.25, -0.2) is 0 Å². The first-order valence-electron chi connectivity index (χ1n) is 13.0. The van der Waals surface area contributed by atoms with Crippen molar-refractivity contribution in [3.05, 3.63) is 48.5 Å². The molecule has 0 aliphatic carbocycles. The molecule has 0 aromatic heterocycles. The zero-order valence-electron chi connectivity index (χ0n) is 21.9. The Hall–Kier alpha value is -3.28. The number of hydrogen-bond donors (Lipinski definition) is 0. The zero-order chi connectivity index (χ0) is 25.9. The van der Waals surface area contributed by atoms with Gasteiger partial charge >= 0.3 is 11.9 Å². The van der Waals surface area contributed by atoms with Crippen molar-refractivity contribution in [2.24, 2.45) is 0 Å². The topological polar surface area (TPSA) is 71.1 Å². The summed E-state index contributed by atoms with van der Waals surface area (Å²) in [6, 6.07) is 15.7. The number of esters is 2. The molecule has 0 N–H and O–H groups in total. The molecule has 36 heavy (non-hydrogen) atoms. The van der Waals surface area contributed by atoms with Crippen LogP contribution in [0, 0.1) is 0 Å². The van der Waals surface area contributed by atoms with Crippen molar-refractivity contribution >= 4 is 33.5 Å². The lowest BCUT2D eigenvalue weighted by atomic mass is 10.00. The van der Waals surface area contributed by atoms with Crippen molar-refractivity contribution in [3.63, 3.8) is 0 Å². The summed E-state index contributed by atoms with van der Waals surface area (Å²) in [6.07, 6.45) is 3.27. The standard InChI is InChI=1S/C30H38O6/c1-5-7-17-33-27(31)19-21(3)35-29-23-13-9-11-15-25(23)30(26-16-12-10-14-24(26)29)36-22(4)20-28(32)34-18-8-6-2/h9-16,21-22H,5-8,17-20H2,1-4H3. The van der Waals surface area contributed by atoms with Crippen molar-refractivity contribution in [3.8, 4) is 11.5 Å². The smallest absolute Gasteiger partial charge is 0.309 e. The van der Waals surface area contributed by atoms with Gasteiger partial charge < -0.3 is 18.9 Å². The van der Waals surface area contributed by atoms with Gasteiger partial charge in [0.15, 0.2) is 0 Å². The maximum atomic E-state index is 12.2. The minimum absolute atomic E-state index is 0.168. The third-order valence-corrected chi connectivity index (χ3v) is 5.90. The molecule has 0 heterocycles. The Morgan fingerprint density at radius 1 is 0.639 bits per heavy atom. The average molecular weight is 495 g/mol. The molecule has 0 saturated carbocycles. The molecule has 2 atom stereocenters. The summed E-state index contributed by atoms with van der Waals surface area (Å²) in [5.41, 5.74) is 0. The van der Waals surface area contributed by atoms with E-state index in [1.165, 1.54) is 0 Å². The summed E-state index contributed by atoms with van der Waals surface area (Å²) in [6.45, 7) is 8.74. The molecule has 0 radical (unpaired) electrons. The fourth-order valence-corrected chi connectivity index (χ4v) is 4.04. The van der Waals surface area contributed by atoms with Crippen LogP contribution in [0.1, 0.15) is 66.2 Å². The molecule has 6 heteroatoms. The van der Waals surface area contributed by atoms with Gasteiger partial charge in [0.05, 0.1) is 26.1 Å². The Morgan fingerprint density at radius 3 is 1.28 bits per heavy atom. The highest BCUT2D eigenvalue weighted by atomic mass is 16.5. The number of hydrogen-bond acceptors (Lipinski definition) is 6. The number of rotatable bonds is 14. The molecule has 6 nitrogen and oxygen atoms in total. The van der Waals surface area contributed by atoms with Crippen LogP contribution in [0.15, 0.2) is 48.5 Å². The van der Waals surface area contributed by atoms with Crippen molar-refractivity contribution in [2.45, 2.75) is 78.4 Å². The quantitative estimate of drug-likeness (QED) is 0.137. The van der Waals surface area contributed by atoms with E-state index < -0.39 is 0 Å². The van der Waals surface area contributed by atoms with Crippen LogP contribution >= 0.6 is 0 Å². The highest BCUT2D eigenvalue weighted by molar-refractivity contribution is 6.11. The zero-order valence-corrected chi connectivity index (χ0v) is 21.9. The molecule has 194 valence electrons. The maximum absolute atomic E-state index is 12.2. The summed E-state index contributed by atoms with van der Waals surface area (Å²) in [5, 5.41) is 3.54. The van der Waals surface area contributed by atoms with E-state index in [-0.39, 0.29) is 37.0 Å². The minimum atomic E-state index is -0.366. The van der Waals surface area contributed by atoms with Crippen LogP contribution in [0.25, 0.3) is 21.5 Å². The number of unbranched alkanes of at least 4 members (excludes halogenated alkanes) is 2. The first kappa shape index (κ1) is 27.3. The van der Waals surface area contributed by atoms with E-state index in [2.05, 4.69) is 13.8 Å². The van der Waals surface area contributed by atoms with Crippen molar-refractivity contribution in [2.75, 3.05) is 13.2 Å². The first-order valence-corrected chi connectivity index (χ1v) is 13.0. The van der Waals surface area contributed by atoms with E-state index in [4.69, 9.17) is 18.9 Å². The minimum Gasteiger partial charge on any atom is -0.489 e. The highest BCUT2D eigenvalue weighted by Gasteiger charge is 2.21. The third kappa shape index (κ3) is 7.36. The number of carbonyl (C=O) groups is 2. The van der Waals surface area contributed by atoms with Crippen molar-refractivity contribution in [1.82, 2.24) is 0 Å². The molecule has 3 rings (SSSR count). The molecule has 0 fully saturated rings. The second-order valence-electron chi connectivity index (χ2n) is 9.16. The van der Waals surface area contributed by atoms with Gasteiger partial charge in [0.2, 0.25) is 0 Å². The SMILES string of the molecule is CCCCOC(=O)CC(C)Oc1c2ccccc2c(OC(C)CC(=O)OCCCC)c2ccccc12. The highest BCUT2D eigenvalue weighted by Crippen LogP contribution is 2.43. The van der Waals surface area contributed by atoms with Crippen LogP contribution in [-0.2, 0) is 19.1 Å². The number of ether oxygens (including phenoxy) is 4. The molecule has 3 aromatic rings. The van der Waals surface area contributed by atoms with Gasteiger partial charge in [-0.3, -0.25) is 9.59 Å². The average Bonchev–Trinajstić information content (AvgIpc) is 2.86. The lowest BCUT2D eigenvalue weighted by molar-refractivity contribution is -0.146. The van der Waals surface area contributed by atoms with Gasteiger partial charge in [0.1, 0.15) is 23.7 Å². The largest absolute Gasteiger partial charge is 0.489 e. The molecule has 2 unspecified atom stereocenters. The Morgan fingerprint density at radius 2 is 0.972 bits per heavy atom. The summed E-state index contributed by atoms with van der Waals surface area (Å²) >= 11 is 0. The lowest BCUT2D eigenvalue weighted by Crippen LogP contribution is -2.20. The summed E-state index contributed by atoms with van der Waals surface area (Å²) in [7, 11) is 0. The predicted molar refractivity (Wildman–Crippen MR) is 143 cm³/mol. The fraction of sp³-hybridized carbons (Fsp3) is 0.467. The molecule has 0 bridgehead atoms. The Labute approximate surface area is 213 Å². The first-order chi connectivity index (χ1) is 17.4. The number of benzene rings is 3. The second-order valence-corrected chi connectivity index (χ2v) is 9.16. The van der Waals surface area contributed by atoms with Crippen LogP contribution in [0.2, 0.25) is 0 Å². The van der Waals surface area contributed by atoms with E-state index in [0.717, 1.165) is 47.2 Å². The second kappa shape index (κ2) is 13.7. The van der Waals surface area contributed by atoms with E-state index in [9.17, 15) is 9.59 Å². The molecule has 0 aliphatic heterocycles. The molecule has 0 aliphatic rings. The van der Waals surface area contributed by atoms with Crippen LogP contribution in [-0.4, -0.2) is 37.4 Å². The normalized spacial score (nSPS) is 12.8. The van der Waals surface area contributed by atoms with E-state index in [1.54, 1.807) is 0 Å². The summed E-state index contributed by atoms with van der Waals surface area (Å²) in [5.74, 6) is 0.886. The number of carbonyl (C=O) groups excluding carboxylic acids is 2. The molecular weight excluding hydrogens is 456 g/mol. The fourth-order valence-electron chi connectivity index (χ4n) is 4.04. The Balaban J connectivity index is 1.87. The van der Waals surface area contributed by atoms with Gasteiger partial charge in [-0.05, 0) is 26.7 Å². The van der Waals surface area contributed by atoms with Crippen molar-refractivity contribution in [1.29, 1.82) is 0 Å². The number of fused-ring (bicyclic) bond motifs is 2. The Kier molecular flexibility index (Phi) is 10.4. The monoisotopic (exact) mass is 494 g/mol. The lowest BCUT2D eigenvalue weighted by Gasteiger charge is -2.22. The maximum Gasteiger partial charge on any atom is 0.309 e.